The number of rotatable bonds is 17. The highest BCUT2D eigenvalue weighted by atomic mass is 32.2. The maximum atomic E-state index is 13.9. The number of carbonyl (C=O) groups excluding carboxylic acids is 3. The zero-order valence-electron chi connectivity index (χ0n) is 31.7. The highest BCUT2D eigenvalue weighted by Crippen LogP contribution is 2.24. The van der Waals surface area contributed by atoms with Gasteiger partial charge >= 0.3 is 5.97 Å². The van der Waals surface area contributed by atoms with Gasteiger partial charge in [0.15, 0.2) is 25.5 Å². The van der Waals surface area contributed by atoms with E-state index in [1.54, 1.807) is 24.3 Å². The van der Waals surface area contributed by atoms with Crippen molar-refractivity contribution < 1.29 is 40.7 Å². The molecule has 284 valence electrons. The molecule has 0 atom stereocenters. The van der Waals surface area contributed by atoms with Crippen molar-refractivity contribution in [2.24, 2.45) is 5.92 Å². The van der Waals surface area contributed by atoms with E-state index < -0.39 is 65.5 Å². The van der Waals surface area contributed by atoms with E-state index >= 15 is 0 Å². The van der Waals surface area contributed by atoms with Crippen LogP contribution in [0.3, 0.4) is 0 Å². The van der Waals surface area contributed by atoms with E-state index in [0.29, 0.717) is 19.4 Å². The van der Waals surface area contributed by atoms with Gasteiger partial charge in [0.05, 0.1) is 32.8 Å². The molecule has 0 aliphatic rings. The van der Waals surface area contributed by atoms with E-state index in [4.69, 9.17) is 9.47 Å². The lowest BCUT2D eigenvalue weighted by atomic mass is 9.98. The van der Waals surface area contributed by atoms with E-state index in [9.17, 15) is 31.2 Å². The Morgan fingerprint density at radius 2 is 1.10 bits per heavy atom. The number of ether oxygens (including phenoxy) is 2. The zero-order valence-corrected chi connectivity index (χ0v) is 33.4. The molecule has 1 N–H and O–H groups in total. The van der Waals surface area contributed by atoms with Crippen molar-refractivity contribution in [3.05, 3.63) is 95.1 Å². The van der Waals surface area contributed by atoms with Gasteiger partial charge in [-0.3, -0.25) is 14.4 Å². The second kappa shape index (κ2) is 16.9. The Morgan fingerprint density at radius 1 is 0.654 bits per heavy atom. The summed E-state index contributed by atoms with van der Waals surface area (Å²) in [5, 5.41) is 2.98. The Bertz CT molecular complexity index is 1850. The van der Waals surface area contributed by atoms with Crippen LogP contribution in [-0.2, 0) is 33.9 Å². The van der Waals surface area contributed by atoms with Gasteiger partial charge in [0.2, 0.25) is 0 Å². The second-order valence-corrected chi connectivity index (χ2v) is 19.7. The van der Waals surface area contributed by atoms with Crippen LogP contribution >= 0.6 is 0 Å². The molecule has 0 spiro atoms. The van der Waals surface area contributed by atoms with Crippen molar-refractivity contribution >= 4 is 37.3 Å². The lowest BCUT2D eigenvalue weighted by Gasteiger charge is -2.30. The number of Topliss-reactive ketones (excluding diaryl/α,β-unsaturated/α-hetero) is 1. The van der Waals surface area contributed by atoms with Crippen molar-refractivity contribution in [1.29, 1.82) is 0 Å². The van der Waals surface area contributed by atoms with Crippen molar-refractivity contribution in [2.45, 2.75) is 108 Å². The zero-order chi connectivity index (χ0) is 39.1. The molecule has 0 aliphatic carbocycles. The van der Waals surface area contributed by atoms with Crippen LogP contribution in [0.1, 0.15) is 99.6 Å². The van der Waals surface area contributed by atoms with Gasteiger partial charge in [0.1, 0.15) is 5.60 Å². The summed E-state index contributed by atoms with van der Waals surface area (Å²) < 4.78 is 65.2. The third kappa shape index (κ3) is 13.3. The number of carbonyl (C=O) groups is 3. The van der Waals surface area contributed by atoms with Crippen LogP contribution in [0.15, 0.2) is 82.6 Å². The predicted molar refractivity (Wildman–Crippen MR) is 202 cm³/mol. The number of benzene rings is 3. The molecule has 0 aromatic heterocycles. The summed E-state index contributed by atoms with van der Waals surface area (Å²) in [4.78, 5) is 39.2. The summed E-state index contributed by atoms with van der Waals surface area (Å²) in [7, 11) is -8.09. The number of amides is 1. The van der Waals surface area contributed by atoms with Crippen LogP contribution in [0.25, 0.3) is 0 Å². The standard InChI is InChI=1S/C40H53NO9S2/c1-28-10-18-33(19-11-28)51(45,46)26-32(27-52(47,48)34-20-12-29(2)13-21-34)36(43)30-14-16-31(17-15-30)37(44)41-39(6,7)24-25-49-40(8,9)23-22-35(42)50-38(3,4)5/h10-21,32H,22-27H2,1-9H3,(H,41,44). The molecule has 0 saturated heterocycles. The maximum absolute atomic E-state index is 13.9. The van der Waals surface area contributed by atoms with Gasteiger partial charge in [-0.2, -0.15) is 0 Å². The number of esters is 1. The third-order valence-corrected chi connectivity index (χ3v) is 12.1. The van der Waals surface area contributed by atoms with E-state index in [0.717, 1.165) is 11.1 Å². The highest BCUT2D eigenvalue weighted by Gasteiger charge is 2.33. The number of ketones is 1. The first-order valence-electron chi connectivity index (χ1n) is 17.3. The largest absolute Gasteiger partial charge is 0.460 e. The average Bonchev–Trinajstić information content (AvgIpc) is 3.02. The Labute approximate surface area is 309 Å². The summed E-state index contributed by atoms with van der Waals surface area (Å²) in [6.07, 6.45) is 1.16. The minimum absolute atomic E-state index is 0.00645. The van der Waals surface area contributed by atoms with Crippen molar-refractivity contribution in [3.8, 4) is 0 Å². The lowest BCUT2D eigenvalue weighted by molar-refractivity contribution is -0.156. The minimum atomic E-state index is -4.04. The molecular formula is C40H53NO9S2. The van der Waals surface area contributed by atoms with Gasteiger partial charge in [0, 0.05) is 29.7 Å². The molecule has 52 heavy (non-hydrogen) atoms. The fraction of sp³-hybridized carbons (Fsp3) is 0.475. The molecule has 0 aliphatic heterocycles. The predicted octanol–water partition coefficient (Wildman–Crippen LogP) is 6.87. The average molecular weight is 756 g/mol. The third-order valence-electron chi connectivity index (χ3n) is 8.43. The Morgan fingerprint density at radius 3 is 1.54 bits per heavy atom. The Balaban J connectivity index is 1.71. The summed E-state index contributed by atoms with van der Waals surface area (Å²) in [5.74, 6) is -4.19. The molecule has 0 saturated carbocycles. The minimum Gasteiger partial charge on any atom is -0.460 e. The van der Waals surface area contributed by atoms with Gasteiger partial charge in [-0.05, 0) is 112 Å². The summed E-state index contributed by atoms with van der Waals surface area (Å²) in [6.45, 7) is 16.9. The fourth-order valence-corrected chi connectivity index (χ4v) is 8.56. The van der Waals surface area contributed by atoms with Crippen LogP contribution in [0, 0.1) is 19.8 Å². The Kier molecular flexibility index (Phi) is 13.8. The van der Waals surface area contributed by atoms with Crippen LogP contribution in [0.4, 0.5) is 0 Å². The van der Waals surface area contributed by atoms with Gasteiger partial charge in [-0.25, -0.2) is 16.8 Å². The fourth-order valence-electron chi connectivity index (χ4n) is 5.33. The van der Waals surface area contributed by atoms with E-state index in [1.807, 2.05) is 62.3 Å². The van der Waals surface area contributed by atoms with Gasteiger partial charge in [-0.1, -0.05) is 47.5 Å². The smallest absolute Gasteiger partial charge is 0.306 e. The summed E-state index contributed by atoms with van der Waals surface area (Å²) in [6, 6.07) is 18.0. The number of aryl methyl sites for hydroxylation is 2. The second-order valence-electron chi connectivity index (χ2n) is 15.6. The van der Waals surface area contributed by atoms with Crippen molar-refractivity contribution in [2.75, 3.05) is 18.1 Å². The Hall–Kier alpha value is -3.87. The maximum Gasteiger partial charge on any atom is 0.306 e. The summed E-state index contributed by atoms with van der Waals surface area (Å²) in [5.41, 5.74) is 0.234. The van der Waals surface area contributed by atoms with E-state index in [-0.39, 0.29) is 33.3 Å². The van der Waals surface area contributed by atoms with Gasteiger partial charge in [0.25, 0.3) is 5.91 Å². The molecule has 3 rings (SSSR count). The molecule has 0 fully saturated rings. The monoisotopic (exact) mass is 755 g/mol. The molecule has 3 aromatic carbocycles. The molecule has 1 amide bonds. The number of hydrogen-bond donors (Lipinski definition) is 1. The van der Waals surface area contributed by atoms with Crippen LogP contribution < -0.4 is 5.32 Å². The SMILES string of the molecule is Cc1ccc(S(=O)(=O)CC(CS(=O)(=O)c2ccc(C)cc2)C(=O)c2ccc(C(=O)NC(C)(C)CCOC(C)(C)CCC(=O)OC(C)(C)C)cc2)cc1. The number of hydrogen-bond acceptors (Lipinski definition) is 9. The van der Waals surface area contributed by atoms with Crippen LogP contribution in [0.2, 0.25) is 0 Å². The molecule has 10 nitrogen and oxygen atoms in total. The first-order chi connectivity index (χ1) is 23.9. The molecular weight excluding hydrogens is 703 g/mol. The van der Waals surface area contributed by atoms with Crippen molar-refractivity contribution in [1.82, 2.24) is 5.32 Å². The molecule has 0 bridgehead atoms. The number of sulfone groups is 2. The van der Waals surface area contributed by atoms with Gasteiger partial charge in [-0.15, -0.1) is 0 Å². The summed E-state index contributed by atoms with van der Waals surface area (Å²) >= 11 is 0. The molecule has 3 aromatic rings. The van der Waals surface area contributed by atoms with E-state index in [1.165, 1.54) is 48.5 Å². The molecule has 12 heteroatoms. The molecule has 0 radical (unpaired) electrons. The highest BCUT2D eigenvalue weighted by molar-refractivity contribution is 7.92. The first kappa shape index (κ1) is 42.5. The van der Waals surface area contributed by atoms with Crippen LogP contribution in [0.5, 0.6) is 0 Å². The van der Waals surface area contributed by atoms with E-state index in [2.05, 4.69) is 5.32 Å². The van der Waals surface area contributed by atoms with Crippen molar-refractivity contribution in [3.63, 3.8) is 0 Å². The lowest BCUT2D eigenvalue weighted by Crippen LogP contribution is -2.44. The van der Waals surface area contributed by atoms with Crippen LogP contribution in [-0.4, -0.2) is 69.3 Å². The first-order valence-corrected chi connectivity index (χ1v) is 20.6. The number of nitrogens with one attached hydrogen (secondary N) is 1. The molecule has 0 unspecified atom stereocenters. The normalized spacial score (nSPS) is 12.8. The molecule has 0 heterocycles. The quantitative estimate of drug-likeness (QED) is 0.115. The van der Waals surface area contributed by atoms with Gasteiger partial charge < -0.3 is 14.8 Å². The topological polar surface area (TPSA) is 150 Å².